The quantitative estimate of drug-likeness (QED) is 0.589. The number of benzene rings is 1. The molecule has 0 radical (unpaired) electrons. The Morgan fingerprint density at radius 1 is 1.19 bits per heavy atom. The molecule has 0 amide bonds. The van der Waals surface area contributed by atoms with Gasteiger partial charge in [-0.15, -0.1) is 0 Å². The topological polar surface area (TPSA) is 34.1 Å². The molecule has 86 valence electrons. The molecule has 1 aromatic carbocycles. The van der Waals surface area contributed by atoms with E-state index in [1.165, 1.54) is 24.3 Å². The number of aldehydes is 1. The van der Waals surface area contributed by atoms with Crippen LogP contribution in [-0.4, -0.2) is 18.2 Å². The fourth-order valence-electron chi connectivity index (χ4n) is 1.33. The van der Waals surface area contributed by atoms with Crippen molar-refractivity contribution in [1.29, 1.82) is 0 Å². The number of carbonyl (C=O) groups excluding carboxylic acids is 2. The summed E-state index contributed by atoms with van der Waals surface area (Å²) >= 11 is 0. The number of hydrogen-bond donors (Lipinski definition) is 0. The van der Waals surface area contributed by atoms with Crippen molar-refractivity contribution < 1.29 is 22.8 Å². The normalized spacial score (nSPS) is 15.2. The first-order chi connectivity index (χ1) is 7.32. The first-order valence-corrected chi connectivity index (χ1v) is 4.46. The molecule has 0 saturated carbocycles. The first kappa shape index (κ1) is 12.4. The Morgan fingerprint density at radius 2 is 1.69 bits per heavy atom. The van der Waals surface area contributed by atoms with Crippen LogP contribution in [0.4, 0.5) is 13.2 Å². The van der Waals surface area contributed by atoms with E-state index in [0.29, 0.717) is 0 Å². The molecule has 0 aliphatic heterocycles. The minimum atomic E-state index is -5.02. The second kappa shape index (κ2) is 4.08. The zero-order valence-corrected chi connectivity index (χ0v) is 8.41. The molecule has 0 spiro atoms. The number of carbonyl (C=O) groups is 2. The van der Waals surface area contributed by atoms with Crippen LogP contribution in [-0.2, 0) is 15.0 Å². The van der Waals surface area contributed by atoms with Gasteiger partial charge < -0.3 is 4.79 Å². The van der Waals surface area contributed by atoms with E-state index in [1.807, 2.05) is 0 Å². The van der Waals surface area contributed by atoms with E-state index in [-0.39, 0.29) is 11.8 Å². The highest BCUT2D eigenvalue weighted by Crippen LogP contribution is 2.31. The minimum absolute atomic E-state index is 0.0259. The first-order valence-electron chi connectivity index (χ1n) is 4.46. The third-order valence-corrected chi connectivity index (χ3v) is 2.34. The summed E-state index contributed by atoms with van der Waals surface area (Å²) in [4.78, 5) is 22.0. The summed E-state index contributed by atoms with van der Waals surface area (Å²) < 4.78 is 36.9. The molecule has 0 saturated heterocycles. The van der Waals surface area contributed by atoms with Crippen LogP contribution in [0, 0.1) is 0 Å². The maximum atomic E-state index is 12.3. The van der Waals surface area contributed by atoms with Crippen molar-refractivity contribution >= 4 is 12.1 Å². The number of alkyl halides is 3. The lowest BCUT2D eigenvalue weighted by Gasteiger charge is -2.23. The monoisotopic (exact) mass is 230 g/mol. The maximum absolute atomic E-state index is 12.3. The van der Waals surface area contributed by atoms with E-state index < -0.39 is 17.4 Å². The largest absolute Gasteiger partial charge is 0.451 e. The van der Waals surface area contributed by atoms with Crippen LogP contribution in [0.1, 0.15) is 12.5 Å². The third-order valence-electron chi connectivity index (χ3n) is 2.34. The lowest BCUT2D eigenvalue weighted by molar-refractivity contribution is -0.177. The van der Waals surface area contributed by atoms with Crippen molar-refractivity contribution in [2.45, 2.75) is 18.5 Å². The smallest absolute Gasteiger partial charge is 0.302 e. The number of hydrogen-bond acceptors (Lipinski definition) is 2. The van der Waals surface area contributed by atoms with E-state index in [0.717, 1.165) is 6.92 Å². The molecule has 0 aliphatic carbocycles. The van der Waals surface area contributed by atoms with Gasteiger partial charge in [0.1, 0.15) is 11.7 Å². The average molecular weight is 230 g/mol. The summed E-state index contributed by atoms with van der Waals surface area (Å²) in [5, 5.41) is 0. The molecule has 0 aliphatic rings. The highest BCUT2D eigenvalue weighted by atomic mass is 19.4. The van der Waals surface area contributed by atoms with Crippen molar-refractivity contribution in [1.82, 2.24) is 0 Å². The van der Waals surface area contributed by atoms with E-state index >= 15 is 0 Å². The van der Waals surface area contributed by atoms with Crippen LogP contribution in [0.3, 0.4) is 0 Å². The predicted octanol–water partition coefficient (Wildman–Crippen LogP) is 2.27. The van der Waals surface area contributed by atoms with Gasteiger partial charge in [0, 0.05) is 0 Å². The van der Waals surface area contributed by atoms with Gasteiger partial charge in [-0.3, -0.25) is 4.79 Å². The molecular formula is C11H9F3O2. The van der Waals surface area contributed by atoms with Gasteiger partial charge >= 0.3 is 6.18 Å². The second-order valence-electron chi connectivity index (χ2n) is 3.51. The van der Waals surface area contributed by atoms with Gasteiger partial charge in [-0.2, -0.15) is 13.2 Å². The van der Waals surface area contributed by atoms with Crippen LogP contribution in [0.5, 0.6) is 0 Å². The summed E-state index contributed by atoms with van der Waals surface area (Å²) in [5.41, 5.74) is -2.13. The summed E-state index contributed by atoms with van der Waals surface area (Å²) in [6, 6.07) is 7.17. The fourth-order valence-corrected chi connectivity index (χ4v) is 1.33. The highest BCUT2D eigenvalue weighted by Gasteiger charge is 2.51. The SMILES string of the molecule is CC(C=O)(C(=O)C(F)(F)F)c1ccccc1. The summed E-state index contributed by atoms with van der Waals surface area (Å²) in [7, 11) is 0. The fraction of sp³-hybridized carbons (Fsp3) is 0.273. The van der Waals surface area contributed by atoms with Gasteiger partial charge in [0.2, 0.25) is 0 Å². The molecule has 0 heterocycles. The Morgan fingerprint density at radius 3 is 2.06 bits per heavy atom. The van der Waals surface area contributed by atoms with Gasteiger partial charge in [-0.1, -0.05) is 30.3 Å². The molecule has 0 fully saturated rings. The molecule has 1 unspecified atom stereocenters. The van der Waals surface area contributed by atoms with Gasteiger partial charge in [-0.05, 0) is 12.5 Å². The van der Waals surface area contributed by atoms with Crippen molar-refractivity contribution in [2.75, 3.05) is 0 Å². The Hall–Kier alpha value is -1.65. The minimum Gasteiger partial charge on any atom is -0.302 e. The second-order valence-corrected chi connectivity index (χ2v) is 3.51. The molecule has 5 heteroatoms. The molecule has 1 atom stereocenters. The average Bonchev–Trinajstić information content (AvgIpc) is 2.27. The Bertz CT molecular complexity index is 397. The van der Waals surface area contributed by atoms with Crippen LogP contribution in [0.25, 0.3) is 0 Å². The Balaban J connectivity index is 3.24. The van der Waals surface area contributed by atoms with E-state index in [9.17, 15) is 22.8 Å². The predicted molar refractivity (Wildman–Crippen MR) is 50.9 cm³/mol. The number of Topliss-reactive ketones (excluding diaryl/α,β-unsaturated/α-hetero) is 1. The molecule has 16 heavy (non-hydrogen) atoms. The van der Waals surface area contributed by atoms with Gasteiger partial charge in [-0.25, -0.2) is 0 Å². The van der Waals surface area contributed by atoms with Crippen molar-refractivity contribution in [2.24, 2.45) is 0 Å². The van der Waals surface area contributed by atoms with Crippen LogP contribution >= 0.6 is 0 Å². The van der Waals surface area contributed by atoms with Gasteiger partial charge in [0.25, 0.3) is 5.78 Å². The van der Waals surface area contributed by atoms with E-state index in [1.54, 1.807) is 6.07 Å². The Kier molecular flexibility index (Phi) is 3.16. The zero-order chi connectivity index (χ0) is 12.4. The highest BCUT2D eigenvalue weighted by molar-refractivity contribution is 6.06. The van der Waals surface area contributed by atoms with E-state index in [4.69, 9.17) is 0 Å². The maximum Gasteiger partial charge on any atom is 0.451 e. The molecular weight excluding hydrogens is 221 g/mol. The number of rotatable bonds is 3. The van der Waals surface area contributed by atoms with Crippen LogP contribution < -0.4 is 0 Å². The van der Waals surface area contributed by atoms with Gasteiger partial charge in [0.05, 0.1) is 0 Å². The number of ketones is 1. The standard InChI is InChI=1S/C11H9F3O2/c1-10(7-15,9(16)11(12,13)14)8-5-3-2-4-6-8/h2-7H,1H3. The van der Waals surface area contributed by atoms with Crippen molar-refractivity contribution in [3.8, 4) is 0 Å². The molecule has 0 N–H and O–H groups in total. The number of halogens is 3. The van der Waals surface area contributed by atoms with Crippen LogP contribution in [0.2, 0.25) is 0 Å². The molecule has 2 nitrogen and oxygen atoms in total. The lowest BCUT2D eigenvalue weighted by atomic mass is 9.80. The van der Waals surface area contributed by atoms with Gasteiger partial charge in [0.15, 0.2) is 0 Å². The molecule has 1 rings (SSSR count). The molecule has 1 aromatic rings. The molecule has 0 aromatic heterocycles. The Labute approximate surface area is 90.1 Å². The summed E-state index contributed by atoms with van der Waals surface area (Å²) in [6.07, 6.45) is -5.00. The lowest BCUT2D eigenvalue weighted by Crippen LogP contribution is -2.43. The zero-order valence-electron chi connectivity index (χ0n) is 8.41. The van der Waals surface area contributed by atoms with E-state index in [2.05, 4.69) is 0 Å². The van der Waals surface area contributed by atoms with Crippen molar-refractivity contribution in [3.63, 3.8) is 0 Å². The third kappa shape index (κ3) is 2.13. The summed E-state index contributed by atoms with van der Waals surface area (Å²) in [6.45, 7) is 0.963. The molecule has 0 bridgehead atoms. The van der Waals surface area contributed by atoms with Crippen molar-refractivity contribution in [3.05, 3.63) is 35.9 Å². The summed E-state index contributed by atoms with van der Waals surface area (Å²) in [5.74, 6) is -2.05. The van der Waals surface area contributed by atoms with Crippen LogP contribution in [0.15, 0.2) is 30.3 Å².